The lowest BCUT2D eigenvalue weighted by atomic mass is 9.67. The smallest absolute Gasteiger partial charge is 0.118 e. The first-order chi connectivity index (χ1) is 27.2. The van der Waals surface area contributed by atoms with Gasteiger partial charge in [-0.25, -0.2) is 0 Å². The third-order valence-corrected chi connectivity index (χ3v) is 11.8. The summed E-state index contributed by atoms with van der Waals surface area (Å²) < 4.78 is 0. The molecule has 0 radical (unpaired) electrons. The standard InChI is InChI=1S/C27H22O2.C25H18O2/c1-17-15-19(11-13-25(17)28)27(20-12-14-26(29)18(2)16-20)23-9-5-3-7-21(23)22-8-4-6-10-24(22)27;26-19-13-9-17(10-14-19)25(18-11-15-20(27)16-12-18)23-7-3-1-5-21(23)22-6-2-4-8-24(22)25/h3-16,28-29H,1-2H3;1-16,26-27H. The summed E-state index contributed by atoms with van der Waals surface area (Å²) in [6, 6.07) is 60.7. The van der Waals surface area contributed by atoms with E-state index in [9.17, 15) is 20.4 Å². The van der Waals surface area contributed by atoms with Crippen molar-refractivity contribution in [1.29, 1.82) is 0 Å². The molecule has 10 rings (SSSR count). The van der Waals surface area contributed by atoms with E-state index in [1.165, 1.54) is 44.5 Å². The Bertz CT molecular complexity index is 2570. The number of hydrogen-bond donors (Lipinski definition) is 4. The normalized spacial score (nSPS) is 13.8. The molecule has 56 heavy (non-hydrogen) atoms. The van der Waals surface area contributed by atoms with Crippen molar-refractivity contribution in [2.45, 2.75) is 24.7 Å². The lowest BCUT2D eigenvalue weighted by Gasteiger charge is -2.34. The lowest BCUT2D eigenvalue weighted by Crippen LogP contribution is -2.28. The van der Waals surface area contributed by atoms with Gasteiger partial charge in [0.1, 0.15) is 23.0 Å². The number of phenolic OH excluding ortho intramolecular Hbond substituents is 4. The zero-order valence-corrected chi connectivity index (χ0v) is 31.1. The van der Waals surface area contributed by atoms with E-state index in [4.69, 9.17) is 0 Å². The molecule has 0 fully saturated rings. The van der Waals surface area contributed by atoms with E-state index >= 15 is 0 Å². The van der Waals surface area contributed by atoms with E-state index in [1.54, 1.807) is 36.4 Å². The number of fused-ring (bicyclic) bond motifs is 6. The summed E-state index contributed by atoms with van der Waals surface area (Å²) in [7, 11) is 0. The van der Waals surface area contributed by atoms with Gasteiger partial charge >= 0.3 is 0 Å². The molecule has 0 aromatic heterocycles. The van der Waals surface area contributed by atoms with E-state index in [1.807, 2.05) is 50.2 Å². The monoisotopic (exact) mass is 728 g/mol. The minimum atomic E-state index is -0.510. The van der Waals surface area contributed by atoms with Crippen LogP contribution >= 0.6 is 0 Å². The zero-order chi connectivity index (χ0) is 38.6. The minimum Gasteiger partial charge on any atom is -0.508 e. The number of rotatable bonds is 4. The van der Waals surface area contributed by atoms with E-state index in [2.05, 4.69) is 109 Å². The van der Waals surface area contributed by atoms with Crippen molar-refractivity contribution >= 4 is 0 Å². The third-order valence-electron chi connectivity index (χ3n) is 11.8. The van der Waals surface area contributed by atoms with Crippen LogP contribution in [0.4, 0.5) is 0 Å². The average molecular weight is 729 g/mol. The van der Waals surface area contributed by atoms with Crippen molar-refractivity contribution in [2.24, 2.45) is 0 Å². The van der Waals surface area contributed by atoms with Gasteiger partial charge in [-0.1, -0.05) is 146 Å². The van der Waals surface area contributed by atoms with E-state index in [0.717, 1.165) is 33.4 Å². The summed E-state index contributed by atoms with van der Waals surface area (Å²) >= 11 is 0. The van der Waals surface area contributed by atoms with Crippen LogP contribution in [-0.2, 0) is 10.8 Å². The number of benzene rings is 8. The van der Waals surface area contributed by atoms with Gasteiger partial charge in [0.2, 0.25) is 0 Å². The van der Waals surface area contributed by atoms with Crippen molar-refractivity contribution in [3.63, 3.8) is 0 Å². The first kappa shape index (κ1) is 34.7. The van der Waals surface area contributed by atoms with Crippen LogP contribution in [-0.4, -0.2) is 20.4 Å². The molecule has 0 spiro atoms. The molecule has 0 saturated heterocycles. The Balaban J connectivity index is 0.000000147. The lowest BCUT2D eigenvalue weighted by molar-refractivity contribution is 0.470. The summed E-state index contributed by atoms with van der Waals surface area (Å²) in [5, 5.41) is 40.1. The van der Waals surface area contributed by atoms with E-state index in [-0.39, 0.29) is 11.5 Å². The van der Waals surface area contributed by atoms with Crippen LogP contribution in [0.3, 0.4) is 0 Å². The maximum atomic E-state index is 10.2. The highest BCUT2D eigenvalue weighted by Gasteiger charge is 2.47. The number of aryl methyl sites for hydroxylation is 2. The van der Waals surface area contributed by atoms with Gasteiger partial charge in [0.25, 0.3) is 0 Å². The highest BCUT2D eigenvalue weighted by Crippen LogP contribution is 2.58. The van der Waals surface area contributed by atoms with Crippen molar-refractivity contribution in [2.75, 3.05) is 0 Å². The van der Waals surface area contributed by atoms with Crippen LogP contribution in [0.2, 0.25) is 0 Å². The zero-order valence-electron chi connectivity index (χ0n) is 31.1. The molecule has 4 N–H and O–H groups in total. The molecule has 4 heteroatoms. The Labute approximate surface area is 326 Å². The summed E-state index contributed by atoms with van der Waals surface area (Å²) in [5.74, 6) is 1.09. The first-order valence-electron chi connectivity index (χ1n) is 18.8. The molecular weight excluding hydrogens is 689 g/mol. The summed E-state index contributed by atoms with van der Waals surface area (Å²) in [6.45, 7) is 3.86. The van der Waals surface area contributed by atoms with Crippen LogP contribution < -0.4 is 0 Å². The second kappa shape index (κ2) is 13.4. The summed E-state index contributed by atoms with van der Waals surface area (Å²) in [4.78, 5) is 0. The van der Waals surface area contributed by atoms with Crippen LogP contribution in [0.1, 0.15) is 55.6 Å². The Morgan fingerprint density at radius 3 is 0.875 bits per heavy atom. The second-order valence-corrected chi connectivity index (χ2v) is 14.8. The molecule has 0 unspecified atom stereocenters. The Kier molecular flexibility index (Phi) is 8.28. The number of hydrogen-bond acceptors (Lipinski definition) is 4. The van der Waals surface area contributed by atoms with Gasteiger partial charge in [-0.05, 0) is 128 Å². The van der Waals surface area contributed by atoms with Crippen molar-refractivity contribution < 1.29 is 20.4 Å². The van der Waals surface area contributed by atoms with Gasteiger partial charge in [-0.2, -0.15) is 0 Å². The van der Waals surface area contributed by atoms with Crippen molar-refractivity contribution in [3.8, 4) is 45.3 Å². The van der Waals surface area contributed by atoms with Gasteiger partial charge in [0.15, 0.2) is 0 Å². The van der Waals surface area contributed by atoms with Gasteiger partial charge in [-0.3, -0.25) is 0 Å². The van der Waals surface area contributed by atoms with E-state index < -0.39 is 10.8 Å². The molecule has 4 nitrogen and oxygen atoms in total. The van der Waals surface area contributed by atoms with Gasteiger partial charge < -0.3 is 20.4 Å². The molecule has 8 aromatic rings. The topological polar surface area (TPSA) is 80.9 Å². The maximum Gasteiger partial charge on any atom is 0.118 e. The van der Waals surface area contributed by atoms with Gasteiger partial charge in [0, 0.05) is 0 Å². The molecule has 0 heterocycles. The fraction of sp³-hybridized carbons (Fsp3) is 0.0769. The Morgan fingerprint density at radius 2 is 0.571 bits per heavy atom. The predicted octanol–water partition coefficient (Wildman–Crippen LogP) is 11.5. The molecule has 272 valence electrons. The summed E-state index contributed by atoms with van der Waals surface area (Å²) in [5.41, 5.74) is 14.8. The van der Waals surface area contributed by atoms with Crippen LogP contribution in [0.25, 0.3) is 22.3 Å². The molecule has 0 aliphatic heterocycles. The highest BCUT2D eigenvalue weighted by molar-refractivity contribution is 5.87. The van der Waals surface area contributed by atoms with Gasteiger partial charge in [-0.15, -0.1) is 0 Å². The maximum absolute atomic E-state index is 10.2. The van der Waals surface area contributed by atoms with Gasteiger partial charge in [0.05, 0.1) is 10.8 Å². The van der Waals surface area contributed by atoms with Crippen molar-refractivity contribution in [3.05, 3.63) is 238 Å². The minimum absolute atomic E-state index is 0.249. The van der Waals surface area contributed by atoms with Crippen LogP contribution in [0.5, 0.6) is 23.0 Å². The fourth-order valence-corrected chi connectivity index (χ4v) is 9.25. The molecule has 0 bridgehead atoms. The van der Waals surface area contributed by atoms with Crippen LogP contribution in [0, 0.1) is 13.8 Å². The molecule has 8 aromatic carbocycles. The molecule has 0 atom stereocenters. The van der Waals surface area contributed by atoms with Crippen LogP contribution in [0.15, 0.2) is 182 Å². The summed E-state index contributed by atoms with van der Waals surface area (Å²) in [6.07, 6.45) is 0. The fourth-order valence-electron chi connectivity index (χ4n) is 9.25. The quantitative estimate of drug-likeness (QED) is 0.145. The highest BCUT2D eigenvalue weighted by atomic mass is 16.3. The predicted molar refractivity (Wildman–Crippen MR) is 224 cm³/mol. The molecular formula is C52H40O4. The van der Waals surface area contributed by atoms with Crippen molar-refractivity contribution in [1.82, 2.24) is 0 Å². The first-order valence-corrected chi connectivity index (χ1v) is 18.8. The molecule has 0 amide bonds. The molecule has 2 aliphatic carbocycles. The SMILES string of the molecule is Cc1cc(C2(c3ccc(O)c(C)c3)c3ccccc3-c3ccccc32)ccc1O.Oc1ccc(C2(c3ccc(O)cc3)c3ccccc3-c3ccccc32)cc1. The third kappa shape index (κ3) is 5.14. The second-order valence-electron chi connectivity index (χ2n) is 14.8. The molecule has 2 aliphatic rings. The largest absolute Gasteiger partial charge is 0.508 e. The molecule has 0 saturated carbocycles. The Hall–Kier alpha value is -7.04. The average Bonchev–Trinajstić information content (AvgIpc) is 3.70. The van der Waals surface area contributed by atoms with E-state index in [0.29, 0.717) is 11.5 Å². The Morgan fingerprint density at radius 1 is 0.304 bits per heavy atom. The number of phenols is 4. The number of aromatic hydroxyl groups is 4.